The molecule has 2 N–H and O–H groups in total. The zero-order valence-electron chi connectivity index (χ0n) is 12.8. The minimum Gasteiger partial charge on any atom is -0.481 e. The monoisotopic (exact) mass is 324 g/mol. The van der Waals surface area contributed by atoms with E-state index in [2.05, 4.69) is 5.32 Å². The number of ether oxygens (including phenoxy) is 1. The Bertz CT molecular complexity index is 547. The van der Waals surface area contributed by atoms with Crippen LogP contribution >= 0.6 is 0 Å². The van der Waals surface area contributed by atoms with Gasteiger partial charge in [-0.05, 0) is 12.5 Å². The summed E-state index contributed by atoms with van der Waals surface area (Å²) in [6, 6.07) is 5.49. The highest BCUT2D eigenvalue weighted by Gasteiger charge is 2.30. The van der Waals surface area contributed by atoms with Crippen molar-refractivity contribution in [2.24, 2.45) is 0 Å². The molecule has 1 amide bonds. The number of halogens is 1. The SMILES string of the molecule is O=C(O)CCCNC(=O)C(c1ccccc1F)N1CCOCC1. The number of nitrogens with one attached hydrogen (secondary N) is 1. The summed E-state index contributed by atoms with van der Waals surface area (Å²) in [6.07, 6.45) is 0.330. The Hall–Kier alpha value is -1.99. The number of carbonyl (C=O) groups excluding carboxylic acids is 1. The van der Waals surface area contributed by atoms with Crippen LogP contribution in [0.1, 0.15) is 24.4 Å². The number of benzene rings is 1. The van der Waals surface area contributed by atoms with Crippen LogP contribution in [0.15, 0.2) is 24.3 Å². The number of amides is 1. The number of hydrogen-bond donors (Lipinski definition) is 2. The molecule has 1 fully saturated rings. The molecule has 1 unspecified atom stereocenters. The minimum atomic E-state index is -0.905. The van der Waals surface area contributed by atoms with E-state index in [4.69, 9.17) is 9.84 Å². The van der Waals surface area contributed by atoms with Crippen LogP contribution in [-0.2, 0) is 14.3 Å². The third-order valence-electron chi connectivity index (χ3n) is 3.73. The second-order valence-electron chi connectivity index (χ2n) is 5.36. The van der Waals surface area contributed by atoms with E-state index in [9.17, 15) is 14.0 Å². The van der Waals surface area contributed by atoms with Crippen molar-refractivity contribution in [2.45, 2.75) is 18.9 Å². The van der Waals surface area contributed by atoms with Crippen LogP contribution in [0, 0.1) is 5.82 Å². The van der Waals surface area contributed by atoms with E-state index in [0.29, 0.717) is 38.3 Å². The number of carboxylic acids is 1. The van der Waals surface area contributed by atoms with Crippen LogP contribution in [0.4, 0.5) is 4.39 Å². The number of carboxylic acid groups (broad SMARTS) is 1. The van der Waals surface area contributed by atoms with Crippen molar-refractivity contribution in [1.82, 2.24) is 10.2 Å². The lowest BCUT2D eigenvalue weighted by Crippen LogP contribution is -2.46. The molecule has 1 aromatic carbocycles. The first-order chi connectivity index (χ1) is 11.1. The van der Waals surface area contributed by atoms with Crippen LogP contribution in [0.2, 0.25) is 0 Å². The quantitative estimate of drug-likeness (QED) is 0.736. The summed E-state index contributed by atoms with van der Waals surface area (Å²) in [5.74, 6) is -1.65. The Morgan fingerprint density at radius 2 is 2.00 bits per heavy atom. The average molecular weight is 324 g/mol. The van der Waals surface area contributed by atoms with Gasteiger partial charge in [0.05, 0.1) is 13.2 Å². The first kappa shape index (κ1) is 17.4. The van der Waals surface area contributed by atoms with Gasteiger partial charge in [0, 0.05) is 31.6 Å². The van der Waals surface area contributed by atoms with Gasteiger partial charge in [-0.25, -0.2) is 4.39 Å². The molecule has 1 heterocycles. The normalized spacial score (nSPS) is 16.7. The van der Waals surface area contributed by atoms with Crippen LogP contribution in [-0.4, -0.2) is 54.7 Å². The predicted octanol–water partition coefficient (Wildman–Crippen LogP) is 1.18. The Balaban J connectivity index is 2.08. The van der Waals surface area contributed by atoms with Crippen molar-refractivity contribution < 1.29 is 23.8 Å². The second kappa shape index (κ2) is 8.59. The fourth-order valence-electron chi connectivity index (χ4n) is 2.58. The van der Waals surface area contributed by atoms with Gasteiger partial charge in [-0.15, -0.1) is 0 Å². The summed E-state index contributed by atoms with van der Waals surface area (Å²) in [4.78, 5) is 24.9. The molecule has 126 valence electrons. The molecule has 1 aliphatic rings. The third kappa shape index (κ3) is 5.01. The molecular weight excluding hydrogens is 303 g/mol. The van der Waals surface area contributed by atoms with Gasteiger partial charge in [0.1, 0.15) is 11.9 Å². The van der Waals surface area contributed by atoms with Crippen molar-refractivity contribution in [3.63, 3.8) is 0 Å². The zero-order chi connectivity index (χ0) is 16.7. The Labute approximate surface area is 134 Å². The lowest BCUT2D eigenvalue weighted by atomic mass is 10.0. The molecule has 1 aromatic rings. The lowest BCUT2D eigenvalue weighted by molar-refractivity contribution is -0.137. The van der Waals surface area contributed by atoms with Gasteiger partial charge in [0.15, 0.2) is 0 Å². The average Bonchev–Trinajstić information content (AvgIpc) is 2.54. The highest BCUT2D eigenvalue weighted by molar-refractivity contribution is 5.83. The summed E-state index contributed by atoms with van der Waals surface area (Å²) >= 11 is 0. The molecule has 0 aromatic heterocycles. The number of hydrogen-bond acceptors (Lipinski definition) is 4. The van der Waals surface area contributed by atoms with Gasteiger partial charge in [0.25, 0.3) is 0 Å². The van der Waals surface area contributed by atoms with E-state index < -0.39 is 17.8 Å². The van der Waals surface area contributed by atoms with Crippen LogP contribution in [0.3, 0.4) is 0 Å². The van der Waals surface area contributed by atoms with Crippen molar-refractivity contribution in [3.8, 4) is 0 Å². The maximum Gasteiger partial charge on any atom is 0.303 e. The Kier molecular flexibility index (Phi) is 6.49. The molecule has 0 aliphatic carbocycles. The maximum absolute atomic E-state index is 14.1. The Morgan fingerprint density at radius 1 is 1.30 bits per heavy atom. The van der Waals surface area contributed by atoms with Gasteiger partial charge >= 0.3 is 5.97 Å². The fraction of sp³-hybridized carbons (Fsp3) is 0.500. The topological polar surface area (TPSA) is 78.9 Å². The van der Waals surface area contributed by atoms with E-state index >= 15 is 0 Å². The molecule has 1 atom stereocenters. The molecule has 0 spiro atoms. The van der Waals surface area contributed by atoms with E-state index in [1.54, 1.807) is 18.2 Å². The van der Waals surface area contributed by atoms with Crippen LogP contribution in [0.5, 0.6) is 0 Å². The molecule has 23 heavy (non-hydrogen) atoms. The molecule has 7 heteroatoms. The summed E-state index contributed by atoms with van der Waals surface area (Å²) in [5, 5.41) is 11.3. The van der Waals surface area contributed by atoms with E-state index in [-0.39, 0.29) is 18.9 Å². The Morgan fingerprint density at radius 3 is 2.65 bits per heavy atom. The lowest BCUT2D eigenvalue weighted by Gasteiger charge is -2.33. The summed E-state index contributed by atoms with van der Waals surface area (Å²) in [7, 11) is 0. The summed E-state index contributed by atoms with van der Waals surface area (Å²) < 4.78 is 19.4. The third-order valence-corrected chi connectivity index (χ3v) is 3.73. The molecular formula is C16H21FN2O4. The number of carbonyl (C=O) groups is 2. The second-order valence-corrected chi connectivity index (χ2v) is 5.36. The number of nitrogens with zero attached hydrogens (tertiary/aromatic N) is 1. The van der Waals surface area contributed by atoms with E-state index in [1.165, 1.54) is 6.07 Å². The summed E-state index contributed by atoms with van der Waals surface area (Å²) in [6.45, 7) is 2.33. The van der Waals surface area contributed by atoms with Gasteiger partial charge < -0.3 is 15.2 Å². The molecule has 1 aliphatic heterocycles. The summed E-state index contributed by atoms with van der Waals surface area (Å²) in [5.41, 5.74) is 0.324. The van der Waals surface area contributed by atoms with Gasteiger partial charge in [-0.3, -0.25) is 14.5 Å². The maximum atomic E-state index is 14.1. The predicted molar refractivity (Wildman–Crippen MR) is 81.4 cm³/mol. The van der Waals surface area contributed by atoms with Crippen molar-refractivity contribution >= 4 is 11.9 Å². The first-order valence-corrected chi connectivity index (χ1v) is 7.65. The number of rotatable bonds is 7. The van der Waals surface area contributed by atoms with E-state index in [1.807, 2.05) is 4.90 Å². The molecule has 2 rings (SSSR count). The smallest absolute Gasteiger partial charge is 0.303 e. The van der Waals surface area contributed by atoms with Gasteiger partial charge in [0.2, 0.25) is 5.91 Å². The van der Waals surface area contributed by atoms with Crippen molar-refractivity contribution in [3.05, 3.63) is 35.6 Å². The molecule has 0 radical (unpaired) electrons. The van der Waals surface area contributed by atoms with Gasteiger partial charge in [-0.2, -0.15) is 0 Å². The standard InChI is InChI=1S/C16H21FN2O4/c17-13-5-2-1-4-12(13)15(19-8-10-23-11-9-19)16(22)18-7-3-6-14(20)21/h1-2,4-5,15H,3,6-11H2,(H,18,22)(H,20,21). The van der Waals surface area contributed by atoms with Gasteiger partial charge in [-0.1, -0.05) is 18.2 Å². The highest BCUT2D eigenvalue weighted by Crippen LogP contribution is 2.24. The van der Waals surface area contributed by atoms with E-state index in [0.717, 1.165) is 0 Å². The molecule has 0 saturated carbocycles. The highest BCUT2D eigenvalue weighted by atomic mass is 19.1. The number of morpholine rings is 1. The van der Waals surface area contributed by atoms with Crippen LogP contribution in [0.25, 0.3) is 0 Å². The largest absolute Gasteiger partial charge is 0.481 e. The molecule has 1 saturated heterocycles. The fourth-order valence-corrected chi connectivity index (χ4v) is 2.58. The first-order valence-electron chi connectivity index (χ1n) is 7.65. The zero-order valence-corrected chi connectivity index (χ0v) is 12.8. The van der Waals surface area contributed by atoms with Crippen LogP contribution < -0.4 is 5.32 Å². The minimum absolute atomic E-state index is 0.0117. The molecule has 0 bridgehead atoms. The van der Waals surface area contributed by atoms with Crippen molar-refractivity contribution in [1.29, 1.82) is 0 Å². The van der Waals surface area contributed by atoms with Crippen molar-refractivity contribution in [2.75, 3.05) is 32.8 Å². The molecule has 6 nitrogen and oxygen atoms in total. The number of aliphatic carboxylic acids is 1.